The molecule has 0 radical (unpaired) electrons. The van der Waals surface area contributed by atoms with Crippen LogP contribution in [0.3, 0.4) is 0 Å². The molecule has 2 aliphatic rings. The van der Waals surface area contributed by atoms with Gasteiger partial charge in [0, 0.05) is 79.4 Å². The Labute approximate surface area is 364 Å². The number of phosphoric acid groups is 1. The minimum Gasteiger partial charge on any atom is -0.383 e. The van der Waals surface area contributed by atoms with Gasteiger partial charge in [0.1, 0.15) is 30.2 Å². The van der Waals surface area contributed by atoms with Gasteiger partial charge in [-0.25, -0.2) is 14.2 Å². The number of ether oxygens (including phenoxy) is 5. The van der Waals surface area contributed by atoms with Crippen molar-refractivity contribution in [2.75, 3.05) is 61.0 Å². The molecule has 2 fully saturated rings. The van der Waals surface area contributed by atoms with Gasteiger partial charge in [0.2, 0.25) is 5.91 Å². The standard InChI is InChI=1S/C42H71N6O13P/c1-7-8-9-10-11-12-13-14-15-16-17-18-19-20-21-24-46(35(50)27-30-32(29-54-2)60-39(36(30)55-3)47-25-22-33(43)44-41(47)51)28-31-37(61-62(53,57-5)58-6)38(56-4)40(59-31)48-26-23-34(49)45-42(48)52/h22-23,25-26,30-32,36-40H,7-21,24,27-29H2,1-6H3,(H2,43,44,51)(H,45,49,52)/t30?,31-,32-,36?,37+,38?,39-,40-/m1/s1. The van der Waals surface area contributed by atoms with Crippen molar-refractivity contribution in [2.45, 2.75) is 153 Å². The van der Waals surface area contributed by atoms with Crippen molar-refractivity contribution >= 4 is 19.5 Å². The summed E-state index contributed by atoms with van der Waals surface area (Å²) in [7, 11) is 2.54. The number of H-pyrrole nitrogens is 1. The molecule has 2 aromatic heterocycles. The summed E-state index contributed by atoms with van der Waals surface area (Å²) in [5, 5.41) is 0. The molecule has 0 bridgehead atoms. The normalized spacial score (nSPS) is 23.9. The van der Waals surface area contributed by atoms with E-state index in [-0.39, 0.29) is 31.3 Å². The molecule has 3 N–H and O–H groups in total. The number of anilines is 1. The number of nitrogens with one attached hydrogen (secondary N) is 1. The van der Waals surface area contributed by atoms with Crippen LogP contribution in [0.25, 0.3) is 0 Å². The highest BCUT2D eigenvalue weighted by Gasteiger charge is 2.52. The third kappa shape index (κ3) is 14.6. The quantitative estimate of drug-likeness (QED) is 0.0746. The van der Waals surface area contributed by atoms with Crippen molar-refractivity contribution in [1.29, 1.82) is 0 Å². The van der Waals surface area contributed by atoms with Crippen molar-refractivity contribution in [3.05, 3.63) is 55.8 Å². The minimum atomic E-state index is -4.17. The van der Waals surface area contributed by atoms with Crippen LogP contribution in [-0.2, 0) is 46.6 Å². The minimum absolute atomic E-state index is 0.0555. The third-order valence-electron chi connectivity index (χ3n) is 11.8. The Kier molecular flexibility index (Phi) is 22.0. The van der Waals surface area contributed by atoms with Crippen LogP contribution in [0.1, 0.15) is 122 Å². The number of hydrogen-bond acceptors (Lipinski definition) is 15. The number of carbonyl (C=O) groups is 1. The topological polar surface area (TPSA) is 227 Å². The smallest absolute Gasteiger partial charge is 0.383 e. The number of aromatic nitrogens is 4. The van der Waals surface area contributed by atoms with Gasteiger partial charge in [-0.2, -0.15) is 4.98 Å². The number of nitrogens with two attached hydrogens (primary N) is 1. The molecule has 1 amide bonds. The van der Waals surface area contributed by atoms with E-state index in [0.717, 1.165) is 36.3 Å². The molecular formula is C42H71N6O13P. The maximum absolute atomic E-state index is 14.7. The van der Waals surface area contributed by atoms with Crippen molar-refractivity contribution in [1.82, 2.24) is 24.0 Å². The van der Waals surface area contributed by atoms with Gasteiger partial charge in [-0.3, -0.25) is 37.3 Å². The van der Waals surface area contributed by atoms with Gasteiger partial charge < -0.3 is 34.3 Å². The van der Waals surface area contributed by atoms with Gasteiger partial charge in [-0.15, -0.1) is 0 Å². The second-order valence-corrected chi connectivity index (χ2v) is 17.9. The maximum Gasteiger partial charge on any atom is 0.474 e. The summed E-state index contributed by atoms with van der Waals surface area (Å²) in [4.78, 5) is 60.3. The number of unbranched alkanes of at least 4 members (excludes halogenated alkanes) is 14. The zero-order valence-electron chi connectivity index (χ0n) is 37.5. The Bertz CT molecular complexity index is 1850. The molecule has 0 aliphatic carbocycles. The fraction of sp³-hybridized carbons (Fsp3) is 0.786. The van der Waals surface area contributed by atoms with Crippen molar-refractivity contribution < 1.29 is 46.6 Å². The summed E-state index contributed by atoms with van der Waals surface area (Å²) < 4.78 is 62.1. The van der Waals surface area contributed by atoms with Crippen LogP contribution in [-0.4, -0.2) is 116 Å². The van der Waals surface area contributed by atoms with Gasteiger partial charge in [0.05, 0.1) is 12.7 Å². The Morgan fingerprint density at radius 2 is 1.32 bits per heavy atom. The van der Waals surface area contributed by atoms with E-state index >= 15 is 0 Å². The molecule has 4 rings (SSSR count). The number of aromatic amines is 1. The van der Waals surface area contributed by atoms with Gasteiger partial charge in [0.15, 0.2) is 12.5 Å². The molecule has 0 saturated carbocycles. The number of rotatable bonds is 30. The van der Waals surface area contributed by atoms with E-state index in [2.05, 4.69) is 16.9 Å². The second-order valence-electron chi connectivity index (χ2n) is 16.1. The van der Waals surface area contributed by atoms with Gasteiger partial charge in [0.25, 0.3) is 5.56 Å². The monoisotopic (exact) mass is 898 g/mol. The molecule has 4 heterocycles. The average molecular weight is 899 g/mol. The fourth-order valence-corrected chi connectivity index (χ4v) is 9.30. The number of methoxy groups -OCH3 is 3. The molecule has 2 aliphatic heterocycles. The Morgan fingerprint density at radius 3 is 1.85 bits per heavy atom. The first-order chi connectivity index (χ1) is 29.9. The first-order valence-corrected chi connectivity index (χ1v) is 23.6. The van der Waals surface area contributed by atoms with E-state index in [9.17, 15) is 23.7 Å². The molecule has 62 heavy (non-hydrogen) atoms. The SMILES string of the molecule is CCCCCCCCCCCCCCCCCN(C[C@H]1O[C@@H](n2ccc(=O)[nH]c2=O)C(OC)[C@H]1OP(=O)(OC)OC)C(=O)CC1C(OC)[C@H](n2ccc(N)nc2=O)O[C@@H]1COC. The molecule has 20 heteroatoms. The molecule has 0 spiro atoms. The van der Waals surface area contributed by atoms with Gasteiger partial charge >= 0.3 is 19.2 Å². The zero-order chi connectivity index (χ0) is 45.1. The van der Waals surface area contributed by atoms with E-state index in [1.165, 1.54) is 123 Å². The zero-order valence-corrected chi connectivity index (χ0v) is 38.4. The average Bonchev–Trinajstić information content (AvgIpc) is 3.77. The number of nitrogen functional groups attached to an aromatic ring is 1. The number of carbonyl (C=O) groups excluding carboxylic acids is 1. The third-order valence-corrected chi connectivity index (χ3v) is 13.2. The van der Waals surface area contributed by atoms with Gasteiger partial charge in [-0.05, 0) is 12.5 Å². The van der Waals surface area contributed by atoms with Crippen LogP contribution in [0, 0.1) is 5.92 Å². The van der Waals surface area contributed by atoms with Crippen LogP contribution in [0.4, 0.5) is 5.82 Å². The van der Waals surface area contributed by atoms with Crippen molar-refractivity contribution in [3.63, 3.8) is 0 Å². The summed E-state index contributed by atoms with van der Waals surface area (Å²) in [5.41, 5.74) is 3.75. The Balaban J connectivity index is 1.52. The van der Waals surface area contributed by atoms with E-state index in [0.29, 0.717) is 13.0 Å². The first-order valence-electron chi connectivity index (χ1n) is 22.1. The summed E-state index contributed by atoms with van der Waals surface area (Å²) in [6.07, 6.45) is 13.7. The molecule has 352 valence electrons. The summed E-state index contributed by atoms with van der Waals surface area (Å²) in [6.45, 7) is 2.62. The second kappa shape index (κ2) is 26.5. The van der Waals surface area contributed by atoms with Crippen LogP contribution >= 0.6 is 7.82 Å². The first kappa shape index (κ1) is 51.4. The number of hydrogen-bond donors (Lipinski definition) is 2. The van der Waals surface area contributed by atoms with Crippen LogP contribution in [0.15, 0.2) is 38.9 Å². The largest absolute Gasteiger partial charge is 0.474 e. The van der Waals surface area contributed by atoms with Crippen molar-refractivity contribution in [2.24, 2.45) is 5.92 Å². The predicted octanol–water partition coefficient (Wildman–Crippen LogP) is 5.34. The molecule has 19 nitrogen and oxygen atoms in total. The molecule has 2 saturated heterocycles. The summed E-state index contributed by atoms with van der Waals surface area (Å²) in [6, 6.07) is 2.64. The number of amides is 1. The molecular weight excluding hydrogens is 827 g/mol. The number of phosphoric ester groups is 1. The van der Waals surface area contributed by atoms with E-state index in [1.54, 1.807) is 4.90 Å². The van der Waals surface area contributed by atoms with Gasteiger partial charge in [-0.1, -0.05) is 96.8 Å². The highest BCUT2D eigenvalue weighted by atomic mass is 31.2. The van der Waals surface area contributed by atoms with Crippen molar-refractivity contribution in [3.8, 4) is 0 Å². The fourth-order valence-electron chi connectivity index (χ4n) is 8.42. The highest BCUT2D eigenvalue weighted by molar-refractivity contribution is 7.48. The lowest BCUT2D eigenvalue weighted by atomic mass is 9.93. The number of nitrogens with zero attached hydrogens (tertiary/aromatic N) is 4. The molecule has 2 aromatic rings. The predicted molar refractivity (Wildman–Crippen MR) is 232 cm³/mol. The maximum atomic E-state index is 14.7. The Morgan fingerprint density at radius 1 is 0.774 bits per heavy atom. The van der Waals surface area contributed by atoms with Crippen LogP contribution < -0.4 is 22.7 Å². The summed E-state index contributed by atoms with van der Waals surface area (Å²) >= 11 is 0. The summed E-state index contributed by atoms with van der Waals surface area (Å²) in [5.74, 6) is -0.790. The lowest BCUT2D eigenvalue weighted by Gasteiger charge is -2.31. The Hall–Kier alpha value is -3.26. The lowest BCUT2D eigenvalue weighted by Crippen LogP contribution is -2.46. The van der Waals surface area contributed by atoms with E-state index in [4.69, 9.17) is 43.0 Å². The highest BCUT2D eigenvalue weighted by Crippen LogP contribution is 2.52. The molecule has 3 unspecified atom stereocenters. The van der Waals surface area contributed by atoms with Crippen LogP contribution in [0.2, 0.25) is 0 Å². The van der Waals surface area contributed by atoms with E-state index in [1.807, 2.05) is 0 Å². The molecule has 0 aromatic carbocycles. The van der Waals surface area contributed by atoms with E-state index < -0.39 is 73.7 Å². The molecule has 8 atom stereocenters. The lowest BCUT2D eigenvalue weighted by molar-refractivity contribution is -0.137. The van der Waals surface area contributed by atoms with Crippen LogP contribution in [0.5, 0.6) is 0 Å².